The second kappa shape index (κ2) is 5.53. The number of fused-ring (bicyclic) bond motifs is 2. The fourth-order valence-corrected chi connectivity index (χ4v) is 3.32. The van der Waals surface area contributed by atoms with Crippen molar-refractivity contribution in [1.82, 2.24) is 4.40 Å². The van der Waals surface area contributed by atoms with E-state index in [1.807, 2.05) is 60.0 Å². The molecule has 2 aromatic heterocycles. The van der Waals surface area contributed by atoms with Crippen LogP contribution in [0.5, 0.6) is 5.75 Å². The molecule has 3 heteroatoms. The standard InChI is InChI=1S/C21H17NO2/c1-14-7-9-16-11-18(19(13-23)22(16)12-14)21-17-6-4-3-5-15(17)8-10-20(21)24-2/h3-13H,1-2H3. The van der Waals surface area contributed by atoms with Gasteiger partial charge < -0.3 is 9.14 Å². The number of rotatable bonds is 3. The SMILES string of the molecule is COc1ccc2ccccc2c1-c1cc2ccc(C)cn2c1C=O. The van der Waals surface area contributed by atoms with Crippen LogP contribution in [-0.2, 0) is 0 Å². The van der Waals surface area contributed by atoms with Gasteiger partial charge in [0.1, 0.15) is 5.75 Å². The van der Waals surface area contributed by atoms with E-state index in [9.17, 15) is 4.79 Å². The Morgan fingerprint density at radius 1 is 1.04 bits per heavy atom. The summed E-state index contributed by atoms with van der Waals surface area (Å²) in [6.45, 7) is 2.02. The minimum absolute atomic E-state index is 0.642. The summed E-state index contributed by atoms with van der Waals surface area (Å²) >= 11 is 0. The van der Waals surface area contributed by atoms with Crippen molar-refractivity contribution in [2.75, 3.05) is 7.11 Å². The van der Waals surface area contributed by atoms with E-state index >= 15 is 0 Å². The summed E-state index contributed by atoms with van der Waals surface area (Å²) in [6, 6.07) is 18.3. The first kappa shape index (κ1) is 14.5. The minimum atomic E-state index is 0.642. The summed E-state index contributed by atoms with van der Waals surface area (Å²) < 4.78 is 7.55. The van der Waals surface area contributed by atoms with Gasteiger partial charge in [-0.1, -0.05) is 36.4 Å². The van der Waals surface area contributed by atoms with Crippen LogP contribution >= 0.6 is 0 Å². The Labute approximate surface area is 140 Å². The molecule has 4 rings (SSSR count). The van der Waals surface area contributed by atoms with Gasteiger partial charge in [0.2, 0.25) is 0 Å². The number of benzene rings is 2. The van der Waals surface area contributed by atoms with Crippen LogP contribution in [0, 0.1) is 6.92 Å². The second-order valence-corrected chi connectivity index (χ2v) is 5.93. The van der Waals surface area contributed by atoms with E-state index < -0.39 is 0 Å². The Balaban J connectivity index is 2.15. The maximum Gasteiger partial charge on any atom is 0.167 e. The molecule has 0 fully saturated rings. The molecule has 0 spiro atoms. The number of ether oxygens (including phenoxy) is 1. The third-order valence-corrected chi connectivity index (χ3v) is 4.45. The molecule has 0 radical (unpaired) electrons. The van der Waals surface area contributed by atoms with Gasteiger partial charge in [0.15, 0.2) is 6.29 Å². The van der Waals surface area contributed by atoms with E-state index in [-0.39, 0.29) is 0 Å². The van der Waals surface area contributed by atoms with Crippen molar-refractivity contribution in [3.63, 3.8) is 0 Å². The van der Waals surface area contributed by atoms with Crippen LogP contribution < -0.4 is 4.74 Å². The highest BCUT2D eigenvalue weighted by Gasteiger charge is 2.17. The van der Waals surface area contributed by atoms with Crippen molar-refractivity contribution in [2.45, 2.75) is 6.92 Å². The molecule has 24 heavy (non-hydrogen) atoms. The minimum Gasteiger partial charge on any atom is -0.496 e. The average Bonchev–Trinajstić information content (AvgIpc) is 2.97. The van der Waals surface area contributed by atoms with Gasteiger partial charge in [0, 0.05) is 22.8 Å². The molecule has 0 aliphatic rings. The summed E-state index contributed by atoms with van der Waals surface area (Å²) in [4.78, 5) is 11.9. The van der Waals surface area contributed by atoms with Crippen LogP contribution in [0.25, 0.3) is 27.4 Å². The number of hydrogen-bond acceptors (Lipinski definition) is 2. The third-order valence-electron chi connectivity index (χ3n) is 4.45. The topological polar surface area (TPSA) is 30.7 Å². The molecule has 0 amide bonds. The lowest BCUT2D eigenvalue weighted by molar-refractivity contribution is 0.111. The molecule has 0 bridgehead atoms. The first-order valence-corrected chi connectivity index (χ1v) is 7.86. The highest BCUT2D eigenvalue weighted by atomic mass is 16.5. The summed E-state index contributed by atoms with van der Waals surface area (Å²) in [5.74, 6) is 0.768. The van der Waals surface area contributed by atoms with Gasteiger partial charge >= 0.3 is 0 Å². The molecule has 0 atom stereocenters. The van der Waals surface area contributed by atoms with Crippen LogP contribution in [0.15, 0.2) is 60.8 Å². The molecular formula is C21H17NO2. The number of carbonyl (C=O) groups excluding carboxylic acids is 1. The normalized spacial score (nSPS) is 11.1. The van der Waals surface area contributed by atoms with Gasteiger partial charge in [-0.05, 0) is 41.5 Å². The summed E-state index contributed by atoms with van der Waals surface area (Å²) in [5.41, 5.74) is 4.59. The van der Waals surface area contributed by atoms with Gasteiger partial charge in [0.25, 0.3) is 0 Å². The van der Waals surface area contributed by atoms with Crippen molar-refractivity contribution >= 4 is 22.6 Å². The predicted molar refractivity (Wildman–Crippen MR) is 97.0 cm³/mol. The molecule has 0 saturated carbocycles. The molecule has 0 unspecified atom stereocenters. The summed E-state index contributed by atoms with van der Waals surface area (Å²) in [7, 11) is 1.66. The molecule has 3 nitrogen and oxygen atoms in total. The molecule has 0 N–H and O–H groups in total. The number of aldehydes is 1. The summed E-state index contributed by atoms with van der Waals surface area (Å²) in [6.07, 6.45) is 2.91. The monoisotopic (exact) mass is 315 g/mol. The van der Waals surface area contributed by atoms with E-state index in [2.05, 4.69) is 12.1 Å². The Hall–Kier alpha value is -3.07. The quantitative estimate of drug-likeness (QED) is 0.504. The molecule has 118 valence electrons. The van der Waals surface area contributed by atoms with Crippen LogP contribution in [0.3, 0.4) is 0 Å². The average molecular weight is 315 g/mol. The number of aryl methyl sites for hydroxylation is 1. The Bertz CT molecular complexity index is 1080. The molecule has 2 heterocycles. The van der Waals surface area contributed by atoms with Gasteiger partial charge in [-0.3, -0.25) is 4.79 Å². The lowest BCUT2D eigenvalue weighted by atomic mass is 9.97. The lowest BCUT2D eigenvalue weighted by Crippen LogP contribution is -1.95. The van der Waals surface area contributed by atoms with Gasteiger partial charge in [0.05, 0.1) is 12.8 Å². The fraction of sp³-hybridized carbons (Fsp3) is 0.0952. The van der Waals surface area contributed by atoms with E-state index in [0.29, 0.717) is 5.69 Å². The van der Waals surface area contributed by atoms with Crippen molar-refractivity contribution in [3.05, 3.63) is 72.1 Å². The number of hydrogen-bond donors (Lipinski definition) is 0. The second-order valence-electron chi connectivity index (χ2n) is 5.93. The van der Waals surface area contributed by atoms with Crippen molar-refractivity contribution < 1.29 is 9.53 Å². The van der Waals surface area contributed by atoms with E-state index in [1.165, 1.54) is 0 Å². The maximum atomic E-state index is 11.9. The molecular weight excluding hydrogens is 298 g/mol. The highest BCUT2D eigenvalue weighted by molar-refractivity contribution is 6.04. The van der Waals surface area contributed by atoms with Crippen LogP contribution in [0.1, 0.15) is 16.1 Å². The Kier molecular flexibility index (Phi) is 3.35. The molecule has 0 saturated heterocycles. The van der Waals surface area contributed by atoms with Gasteiger partial charge in [-0.15, -0.1) is 0 Å². The van der Waals surface area contributed by atoms with Crippen LogP contribution in [-0.4, -0.2) is 17.8 Å². The Morgan fingerprint density at radius 2 is 1.88 bits per heavy atom. The highest BCUT2D eigenvalue weighted by Crippen LogP contribution is 2.39. The number of aromatic nitrogens is 1. The van der Waals surface area contributed by atoms with Crippen molar-refractivity contribution in [2.24, 2.45) is 0 Å². The first-order valence-electron chi connectivity index (χ1n) is 7.86. The van der Waals surface area contributed by atoms with Gasteiger partial charge in [-0.25, -0.2) is 0 Å². The molecule has 2 aromatic carbocycles. The number of nitrogens with zero attached hydrogens (tertiary/aromatic N) is 1. The predicted octanol–water partition coefficient (Wildman–Crippen LogP) is 4.89. The van der Waals surface area contributed by atoms with E-state index in [1.54, 1.807) is 7.11 Å². The van der Waals surface area contributed by atoms with Crippen LogP contribution in [0.4, 0.5) is 0 Å². The number of carbonyl (C=O) groups is 1. The zero-order valence-corrected chi connectivity index (χ0v) is 13.6. The first-order chi connectivity index (χ1) is 11.7. The zero-order chi connectivity index (χ0) is 16.7. The molecule has 0 aliphatic carbocycles. The largest absolute Gasteiger partial charge is 0.496 e. The van der Waals surface area contributed by atoms with E-state index in [4.69, 9.17) is 4.74 Å². The summed E-state index contributed by atoms with van der Waals surface area (Å²) in [5, 5.41) is 2.20. The van der Waals surface area contributed by atoms with Crippen molar-refractivity contribution in [3.8, 4) is 16.9 Å². The molecule has 0 aliphatic heterocycles. The van der Waals surface area contributed by atoms with E-state index in [0.717, 1.165) is 45.0 Å². The van der Waals surface area contributed by atoms with Crippen LogP contribution in [0.2, 0.25) is 0 Å². The number of pyridine rings is 1. The Morgan fingerprint density at radius 3 is 2.67 bits per heavy atom. The smallest absolute Gasteiger partial charge is 0.167 e. The van der Waals surface area contributed by atoms with Gasteiger partial charge in [-0.2, -0.15) is 0 Å². The molecule has 4 aromatic rings. The lowest BCUT2D eigenvalue weighted by Gasteiger charge is -2.12. The van der Waals surface area contributed by atoms with Crippen molar-refractivity contribution in [1.29, 1.82) is 0 Å². The third kappa shape index (κ3) is 2.09. The maximum absolute atomic E-state index is 11.9. The fourth-order valence-electron chi connectivity index (χ4n) is 3.32. The zero-order valence-electron chi connectivity index (χ0n) is 13.6. The number of methoxy groups -OCH3 is 1.